The van der Waals surface area contributed by atoms with Crippen LogP contribution in [0.25, 0.3) is 5.57 Å². The highest BCUT2D eigenvalue weighted by molar-refractivity contribution is 6.01. The molecule has 4 rings (SSSR count). The zero-order valence-electron chi connectivity index (χ0n) is 18.4. The van der Waals surface area contributed by atoms with Crippen LogP contribution < -0.4 is 14.5 Å². The number of allylic oxidation sites excluding steroid dienone is 1. The van der Waals surface area contributed by atoms with Gasteiger partial charge in [0.15, 0.2) is 0 Å². The van der Waals surface area contributed by atoms with E-state index in [1.807, 2.05) is 29.2 Å². The van der Waals surface area contributed by atoms with Gasteiger partial charge in [-0.2, -0.15) is 0 Å². The summed E-state index contributed by atoms with van der Waals surface area (Å²) in [7, 11) is 1.69. The summed E-state index contributed by atoms with van der Waals surface area (Å²) in [5, 5.41) is 0. The zero-order valence-corrected chi connectivity index (χ0v) is 18.4. The van der Waals surface area contributed by atoms with Crippen LogP contribution in [0, 0.1) is 0 Å². The fourth-order valence-electron chi connectivity index (χ4n) is 4.67. The van der Waals surface area contributed by atoms with Crippen molar-refractivity contribution in [2.45, 2.75) is 26.3 Å². The average Bonchev–Trinajstić information content (AvgIpc) is 2.73. The first kappa shape index (κ1) is 20.5. The van der Waals surface area contributed by atoms with Crippen LogP contribution in [0.3, 0.4) is 0 Å². The average molecular weight is 406 g/mol. The Hall–Kier alpha value is -2.79. The van der Waals surface area contributed by atoms with Crippen molar-refractivity contribution in [3.63, 3.8) is 0 Å². The molecule has 0 radical (unpaired) electrons. The monoisotopic (exact) mass is 405 g/mol. The molecule has 0 atom stereocenters. The third kappa shape index (κ3) is 3.94. The lowest BCUT2D eigenvalue weighted by Crippen LogP contribution is -2.55. The normalized spacial score (nSPS) is 18.6. The molecule has 1 fully saturated rings. The van der Waals surface area contributed by atoms with Gasteiger partial charge in [-0.05, 0) is 44.5 Å². The van der Waals surface area contributed by atoms with Crippen LogP contribution >= 0.6 is 0 Å². The predicted octanol–water partition coefficient (Wildman–Crippen LogP) is 4.05. The summed E-state index contributed by atoms with van der Waals surface area (Å²) < 4.78 is 5.35. The maximum Gasteiger partial charge on any atom is 0.241 e. The van der Waals surface area contributed by atoms with Gasteiger partial charge in [-0.25, -0.2) is 0 Å². The van der Waals surface area contributed by atoms with Crippen LogP contribution in [0.2, 0.25) is 0 Å². The number of nitrogens with zero attached hydrogens (tertiary/aromatic N) is 3. The molecule has 2 heterocycles. The van der Waals surface area contributed by atoms with Gasteiger partial charge in [0, 0.05) is 43.5 Å². The smallest absolute Gasteiger partial charge is 0.241 e. The van der Waals surface area contributed by atoms with E-state index in [9.17, 15) is 4.79 Å². The summed E-state index contributed by atoms with van der Waals surface area (Å²) >= 11 is 0. The molecule has 2 aromatic carbocycles. The molecule has 0 aromatic heterocycles. The van der Waals surface area contributed by atoms with Crippen molar-refractivity contribution in [2.24, 2.45) is 0 Å². The molecule has 0 saturated carbocycles. The number of piperazine rings is 1. The second-order valence-corrected chi connectivity index (χ2v) is 8.69. The number of para-hydroxylation sites is 1. The molecule has 30 heavy (non-hydrogen) atoms. The van der Waals surface area contributed by atoms with E-state index in [0.29, 0.717) is 6.54 Å². The molecule has 0 N–H and O–H groups in total. The summed E-state index contributed by atoms with van der Waals surface area (Å²) in [4.78, 5) is 20.0. The summed E-state index contributed by atoms with van der Waals surface area (Å²) in [5.74, 6) is 1.03. The molecule has 0 unspecified atom stereocenters. The first-order chi connectivity index (χ1) is 14.4. The number of rotatable bonds is 4. The summed E-state index contributed by atoms with van der Waals surface area (Å²) in [6, 6.07) is 16.4. The number of benzene rings is 2. The van der Waals surface area contributed by atoms with Gasteiger partial charge in [-0.15, -0.1) is 0 Å². The fraction of sp³-hybridized carbons (Fsp3) is 0.400. The van der Waals surface area contributed by atoms with Gasteiger partial charge >= 0.3 is 0 Å². The minimum atomic E-state index is -0.335. The Balaban J connectivity index is 1.44. The van der Waals surface area contributed by atoms with Crippen LogP contribution in [0.1, 0.15) is 26.3 Å². The van der Waals surface area contributed by atoms with Crippen LogP contribution in [-0.4, -0.2) is 56.2 Å². The maximum atomic E-state index is 13.4. The lowest BCUT2D eigenvalue weighted by atomic mass is 9.88. The van der Waals surface area contributed by atoms with Gasteiger partial charge in [0.25, 0.3) is 0 Å². The van der Waals surface area contributed by atoms with Crippen molar-refractivity contribution in [1.82, 2.24) is 4.90 Å². The molecule has 2 aliphatic heterocycles. The molecule has 2 aromatic rings. The standard InChI is InChI=1S/C25H31N3O2/c1-19-17-25(2,3)28(23-11-6-5-10-22(19)23)24(29)18-26-12-14-27(15-13-26)20-8-7-9-21(16-20)30-4/h5-11,16-17H,12-15,18H2,1-4H3. The largest absolute Gasteiger partial charge is 0.497 e. The number of carbonyl (C=O) groups excluding carboxylic acids is 1. The summed E-state index contributed by atoms with van der Waals surface area (Å²) in [6.45, 7) is 10.3. The van der Waals surface area contributed by atoms with E-state index < -0.39 is 0 Å². The second-order valence-electron chi connectivity index (χ2n) is 8.69. The summed E-state index contributed by atoms with van der Waals surface area (Å²) in [5.41, 5.74) is 4.23. The second kappa shape index (κ2) is 8.15. The minimum absolute atomic E-state index is 0.158. The van der Waals surface area contributed by atoms with Gasteiger partial charge in [-0.1, -0.05) is 30.3 Å². The minimum Gasteiger partial charge on any atom is -0.497 e. The lowest BCUT2D eigenvalue weighted by molar-refractivity contribution is -0.120. The number of fused-ring (bicyclic) bond motifs is 1. The highest BCUT2D eigenvalue weighted by Crippen LogP contribution is 2.38. The number of anilines is 2. The molecule has 0 spiro atoms. The van der Waals surface area contributed by atoms with Crippen LogP contribution in [0.15, 0.2) is 54.6 Å². The fourth-order valence-corrected chi connectivity index (χ4v) is 4.67. The molecule has 158 valence electrons. The van der Waals surface area contributed by atoms with Gasteiger partial charge in [0.2, 0.25) is 5.91 Å². The van der Waals surface area contributed by atoms with E-state index >= 15 is 0 Å². The maximum absolute atomic E-state index is 13.4. The number of hydrogen-bond donors (Lipinski definition) is 0. The Labute approximate surface area is 179 Å². The molecule has 5 nitrogen and oxygen atoms in total. The summed E-state index contributed by atoms with van der Waals surface area (Å²) in [6.07, 6.45) is 2.20. The Morgan fingerprint density at radius 2 is 1.77 bits per heavy atom. The van der Waals surface area contributed by atoms with E-state index in [-0.39, 0.29) is 11.4 Å². The number of carbonyl (C=O) groups is 1. The number of amides is 1. The number of hydrogen-bond acceptors (Lipinski definition) is 4. The van der Waals surface area contributed by atoms with E-state index in [4.69, 9.17) is 4.74 Å². The van der Waals surface area contributed by atoms with Gasteiger partial charge in [-0.3, -0.25) is 9.69 Å². The molecule has 2 aliphatic rings. The van der Waals surface area contributed by atoms with Crippen molar-refractivity contribution in [3.05, 3.63) is 60.2 Å². The van der Waals surface area contributed by atoms with Gasteiger partial charge < -0.3 is 14.5 Å². The van der Waals surface area contributed by atoms with Gasteiger partial charge in [0.05, 0.1) is 24.9 Å². The SMILES string of the molecule is COc1cccc(N2CCN(CC(=O)N3c4ccccc4C(C)=CC3(C)C)CC2)c1. The van der Waals surface area contributed by atoms with Crippen molar-refractivity contribution >= 4 is 22.9 Å². The predicted molar refractivity (Wildman–Crippen MR) is 123 cm³/mol. The van der Waals surface area contributed by atoms with Crippen molar-refractivity contribution in [1.29, 1.82) is 0 Å². The molecular formula is C25H31N3O2. The quantitative estimate of drug-likeness (QED) is 0.769. The number of methoxy groups -OCH3 is 1. The molecule has 1 amide bonds. The number of ether oxygens (including phenoxy) is 1. The van der Waals surface area contributed by atoms with E-state index in [0.717, 1.165) is 43.2 Å². The van der Waals surface area contributed by atoms with Crippen molar-refractivity contribution in [3.8, 4) is 5.75 Å². The van der Waals surface area contributed by atoms with Crippen LogP contribution in [0.4, 0.5) is 11.4 Å². The Morgan fingerprint density at radius 3 is 2.50 bits per heavy atom. The van der Waals surface area contributed by atoms with E-state index in [2.05, 4.69) is 60.9 Å². The highest BCUT2D eigenvalue weighted by Gasteiger charge is 2.36. The van der Waals surface area contributed by atoms with Crippen molar-refractivity contribution < 1.29 is 9.53 Å². The molecule has 0 bridgehead atoms. The van der Waals surface area contributed by atoms with E-state index in [1.54, 1.807) is 7.11 Å². The van der Waals surface area contributed by atoms with Crippen LogP contribution in [0.5, 0.6) is 5.75 Å². The van der Waals surface area contributed by atoms with Crippen molar-refractivity contribution in [2.75, 3.05) is 49.6 Å². The van der Waals surface area contributed by atoms with Crippen LogP contribution in [-0.2, 0) is 4.79 Å². The highest BCUT2D eigenvalue weighted by atomic mass is 16.5. The topological polar surface area (TPSA) is 36.0 Å². The molecule has 0 aliphatic carbocycles. The zero-order chi connectivity index (χ0) is 21.3. The molecule has 5 heteroatoms. The Kier molecular flexibility index (Phi) is 5.56. The van der Waals surface area contributed by atoms with Gasteiger partial charge in [0.1, 0.15) is 5.75 Å². The Morgan fingerprint density at radius 1 is 1.03 bits per heavy atom. The third-order valence-corrected chi connectivity index (χ3v) is 6.11. The first-order valence-corrected chi connectivity index (χ1v) is 10.6. The lowest BCUT2D eigenvalue weighted by Gasteiger charge is -2.43. The third-order valence-electron chi connectivity index (χ3n) is 6.11. The molecule has 1 saturated heterocycles. The Bertz CT molecular complexity index is 958. The van der Waals surface area contributed by atoms with E-state index in [1.165, 1.54) is 11.3 Å². The molecular weight excluding hydrogens is 374 g/mol. The first-order valence-electron chi connectivity index (χ1n) is 10.6.